The second-order valence-electron chi connectivity index (χ2n) is 6.93. The van der Waals surface area contributed by atoms with Crippen molar-refractivity contribution in [2.24, 2.45) is 5.92 Å². The molecular weight excluding hydrogens is 484 g/mol. The summed E-state index contributed by atoms with van der Waals surface area (Å²) in [5, 5.41) is 5.16. The van der Waals surface area contributed by atoms with Gasteiger partial charge in [-0.25, -0.2) is 0 Å². The van der Waals surface area contributed by atoms with E-state index >= 15 is 0 Å². The fraction of sp³-hybridized carbons (Fsp3) is 0.238. The molecule has 0 saturated heterocycles. The minimum Gasteiger partial charge on any atom is -0.496 e. The van der Waals surface area contributed by atoms with Gasteiger partial charge in [0.2, 0.25) is 5.91 Å². The number of benzene rings is 2. The molecule has 3 amide bonds. The Morgan fingerprint density at radius 3 is 2.32 bits per heavy atom. The van der Waals surface area contributed by atoms with E-state index in [4.69, 9.17) is 17.0 Å². The zero-order chi connectivity index (χ0) is 23.0. The van der Waals surface area contributed by atoms with E-state index in [1.807, 2.05) is 13.8 Å². The van der Waals surface area contributed by atoms with Crippen LogP contribution in [0.25, 0.3) is 0 Å². The van der Waals surface area contributed by atoms with Gasteiger partial charge in [0.1, 0.15) is 5.75 Å². The Balaban J connectivity index is 1.88. The molecule has 0 heterocycles. The van der Waals surface area contributed by atoms with Gasteiger partial charge in [0.05, 0.1) is 12.7 Å². The second kappa shape index (κ2) is 11.4. The molecule has 0 aromatic heterocycles. The lowest BCUT2D eigenvalue weighted by atomic mass is 10.1. The molecule has 0 atom stereocenters. The van der Waals surface area contributed by atoms with Gasteiger partial charge in [0.25, 0.3) is 11.8 Å². The van der Waals surface area contributed by atoms with Crippen molar-refractivity contribution in [3.8, 4) is 5.75 Å². The highest BCUT2D eigenvalue weighted by Crippen LogP contribution is 2.22. The number of nitrogens with one attached hydrogen (secondary N) is 4. The van der Waals surface area contributed by atoms with E-state index < -0.39 is 11.8 Å². The van der Waals surface area contributed by atoms with Crippen LogP contribution in [0.2, 0.25) is 0 Å². The van der Waals surface area contributed by atoms with Crippen LogP contribution in [0.1, 0.15) is 41.0 Å². The van der Waals surface area contributed by atoms with Gasteiger partial charge in [-0.2, -0.15) is 0 Å². The SMILES string of the molecule is COc1ccc(Br)cc1C(=O)NC(=S)NNC(=O)c1ccc(NC(=O)CC(C)C)cc1. The summed E-state index contributed by atoms with van der Waals surface area (Å²) in [6.07, 6.45) is 0.418. The molecule has 0 aliphatic rings. The topological polar surface area (TPSA) is 109 Å². The Morgan fingerprint density at radius 1 is 1.03 bits per heavy atom. The summed E-state index contributed by atoms with van der Waals surface area (Å²) in [5.41, 5.74) is 6.11. The van der Waals surface area contributed by atoms with Gasteiger partial charge in [0.15, 0.2) is 5.11 Å². The fourth-order valence-electron chi connectivity index (χ4n) is 2.53. The number of carbonyl (C=O) groups excluding carboxylic acids is 3. The minimum atomic E-state index is -0.494. The molecule has 0 aliphatic carbocycles. The number of anilines is 1. The van der Waals surface area contributed by atoms with Crippen molar-refractivity contribution < 1.29 is 19.1 Å². The fourth-order valence-corrected chi connectivity index (χ4v) is 3.04. The predicted molar refractivity (Wildman–Crippen MR) is 126 cm³/mol. The average Bonchev–Trinajstić information content (AvgIpc) is 2.71. The molecule has 0 aliphatic heterocycles. The van der Waals surface area contributed by atoms with Crippen LogP contribution < -0.4 is 26.2 Å². The summed E-state index contributed by atoms with van der Waals surface area (Å²) in [6.45, 7) is 3.92. The van der Waals surface area contributed by atoms with Crippen LogP contribution in [-0.4, -0.2) is 29.9 Å². The lowest BCUT2D eigenvalue weighted by Crippen LogP contribution is -2.48. The van der Waals surface area contributed by atoms with Gasteiger partial charge in [-0.15, -0.1) is 0 Å². The summed E-state index contributed by atoms with van der Waals surface area (Å²) < 4.78 is 5.87. The summed E-state index contributed by atoms with van der Waals surface area (Å²) in [5.74, 6) is -0.404. The monoisotopic (exact) mass is 506 g/mol. The highest BCUT2D eigenvalue weighted by molar-refractivity contribution is 9.10. The molecule has 2 aromatic rings. The lowest BCUT2D eigenvalue weighted by molar-refractivity contribution is -0.116. The molecule has 4 N–H and O–H groups in total. The van der Waals surface area contributed by atoms with Gasteiger partial charge in [0, 0.05) is 22.1 Å². The molecule has 0 saturated carbocycles. The summed E-state index contributed by atoms with van der Waals surface area (Å²) >= 11 is 8.36. The third-order valence-corrected chi connectivity index (χ3v) is 4.64. The molecule has 0 radical (unpaired) electrons. The maximum atomic E-state index is 12.4. The Hall–Kier alpha value is -2.98. The van der Waals surface area contributed by atoms with E-state index in [1.54, 1.807) is 42.5 Å². The number of halogens is 1. The first-order chi connectivity index (χ1) is 14.7. The average molecular weight is 507 g/mol. The first-order valence-corrected chi connectivity index (χ1v) is 10.5. The summed E-state index contributed by atoms with van der Waals surface area (Å²) in [6, 6.07) is 11.4. The summed E-state index contributed by atoms with van der Waals surface area (Å²) in [7, 11) is 1.46. The van der Waals surface area contributed by atoms with Crippen molar-refractivity contribution in [1.82, 2.24) is 16.2 Å². The van der Waals surface area contributed by atoms with Crippen molar-refractivity contribution >= 4 is 56.7 Å². The maximum absolute atomic E-state index is 12.4. The van der Waals surface area contributed by atoms with E-state index in [-0.39, 0.29) is 22.5 Å². The molecule has 0 spiro atoms. The smallest absolute Gasteiger partial charge is 0.269 e. The number of rotatable bonds is 6. The zero-order valence-corrected chi connectivity index (χ0v) is 19.6. The van der Waals surface area contributed by atoms with Crippen LogP contribution in [0.3, 0.4) is 0 Å². The first-order valence-electron chi connectivity index (χ1n) is 9.34. The molecule has 8 nitrogen and oxygen atoms in total. The molecular formula is C21H23BrN4O4S. The largest absolute Gasteiger partial charge is 0.496 e. The molecule has 10 heteroatoms. The number of amides is 3. The van der Waals surface area contributed by atoms with Gasteiger partial charge in [-0.1, -0.05) is 29.8 Å². The molecule has 2 aromatic carbocycles. The standard InChI is InChI=1S/C21H23BrN4O4S/c1-12(2)10-18(27)23-15-7-4-13(5-8-15)19(28)25-26-21(31)24-20(29)16-11-14(22)6-9-17(16)30-3/h4-9,11-12H,10H2,1-3H3,(H,23,27)(H,25,28)(H2,24,26,29,31). The Morgan fingerprint density at radius 2 is 1.71 bits per heavy atom. The Kier molecular flexibility index (Phi) is 8.95. The van der Waals surface area contributed by atoms with E-state index in [2.05, 4.69) is 37.4 Å². The molecule has 0 bridgehead atoms. The van der Waals surface area contributed by atoms with E-state index in [9.17, 15) is 14.4 Å². The van der Waals surface area contributed by atoms with Gasteiger partial charge in [-0.05, 0) is 60.6 Å². The highest BCUT2D eigenvalue weighted by Gasteiger charge is 2.15. The number of carbonyl (C=O) groups is 3. The highest BCUT2D eigenvalue weighted by atomic mass is 79.9. The van der Waals surface area contributed by atoms with Gasteiger partial charge < -0.3 is 10.1 Å². The molecule has 164 valence electrons. The quantitative estimate of drug-likeness (QED) is 0.353. The van der Waals surface area contributed by atoms with Crippen LogP contribution >= 0.6 is 28.1 Å². The van der Waals surface area contributed by atoms with Gasteiger partial charge in [-0.3, -0.25) is 30.6 Å². The van der Waals surface area contributed by atoms with Crippen molar-refractivity contribution in [2.45, 2.75) is 20.3 Å². The van der Waals surface area contributed by atoms with Crippen LogP contribution in [-0.2, 0) is 4.79 Å². The minimum absolute atomic E-state index is 0.0852. The third-order valence-electron chi connectivity index (χ3n) is 3.95. The zero-order valence-electron chi connectivity index (χ0n) is 17.2. The Bertz CT molecular complexity index is 980. The number of thiocarbonyl (C=S) groups is 1. The van der Waals surface area contributed by atoms with Crippen molar-refractivity contribution in [1.29, 1.82) is 0 Å². The van der Waals surface area contributed by atoms with Crippen LogP contribution in [0.15, 0.2) is 46.9 Å². The van der Waals surface area contributed by atoms with Crippen LogP contribution in [0.5, 0.6) is 5.75 Å². The van der Waals surface area contributed by atoms with Crippen molar-refractivity contribution in [2.75, 3.05) is 12.4 Å². The number of hydrogen-bond donors (Lipinski definition) is 4. The lowest BCUT2D eigenvalue weighted by Gasteiger charge is -2.13. The van der Waals surface area contributed by atoms with E-state index in [0.717, 1.165) is 0 Å². The van der Waals surface area contributed by atoms with Crippen molar-refractivity contribution in [3.05, 3.63) is 58.1 Å². The van der Waals surface area contributed by atoms with Gasteiger partial charge >= 0.3 is 0 Å². The molecule has 31 heavy (non-hydrogen) atoms. The number of ether oxygens (including phenoxy) is 1. The Labute approximate surface area is 194 Å². The third kappa shape index (κ3) is 7.65. The molecule has 0 unspecified atom stereocenters. The first kappa shape index (κ1) is 24.3. The second-order valence-corrected chi connectivity index (χ2v) is 8.25. The van der Waals surface area contributed by atoms with Crippen molar-refractivity contribution in [3.63, 3.8) is 0 Å². The maximum Gasteiger partial charge on any atom is 0.269 e. The number of hydrogen-bond acceptors (Lipinski definition) is 5. The molecule has 0 fully saturated rings. The van der Waals surface area contributed by atoms with Crippen LogP contribution in [0.4, 0.5) is 5.69 Å². The predicted octanol–water partition coefficient (Wildman–Crippen LogP) is 3.39. The number of methoxy groups -OCH3 is 1. The molecule has 2 rings (SSSR count). The normalized spacial score (nSPS) is 10.2. The van der Waals surface area contributed by atoms with Crippen LogP contribution in [0, 0.1) is 5.92 Å². The van der Waals surface area contributed by atoms with E-state index in [0.29, 0.717) is 27.9 Å². The summed E-state index contributed by atoms with van der Waals surface area (Å²) in [4.78, 5) is 36.5. The van der Waals surface area contributed by atoms with E-state index in [1.165, 1.54) is 7.11 Å². The number of hydrazine groups is 1.